The average Bonchev–Trinajstić information content (AvgIpc) is 3.21. The van der Waals surface area contributed by atoms with E-state index < -0.39 is 10.0 Å². The first-order chi connectivity index (χ1) is 13.4. The van der Waals surface area contributed by atoms with Crippen LogP contribution >= 0.6 is 11.6 Å². The molecule has 9 heteroatoms. The number of carbonyl (C=O) groups is 1. The predicted octanol–water partition coefficient (Wildman–Crippen LogP) is 2.43. The highest BCUT2D eigenvalue weighted by Crippen LogP contribution is 2.30. The highest BCUT2D eigenvalue weighted by Gasteiger charge is 2.32. The molecule has 7 nitrogen and oxygen atoms in total. The summed E-state index contributed by atoms with van der Waals surface area (Å²) in [5, 5.41) is 3.21. The summed E-state index contributed by atoms with van der Waals surface area (Å²) in [5.74, 6) is 0.276. The third kappa shape index (κ3) is 4.97. The van der Waals surface area contributed by atoms with Crippen LogP contribution in [0.4, 0.5) is 0 Å². The molecule has 2 fully saturated rings. The first-order valence-corrected chi connectivity index (χ1v) is 11.6. The van der Waals surface area contributed by atoms with Crippen LogP contribution < -0.4 is 10.1 Å². The van der Waals surface area contributed by atoms with Crippen molar-refractivity contribution in [2.75, 3.05) is 32.8 Å². The zero-order valence-electron chi connectivity index (χ0n) is 16.0. The fourth-order valence-electron chi connectivity index (χ4n) is 3.59. The molecule has 3 rings (SSSR count). The van der Waals surface area contributed by atoms with Gasteiger partial charge in [-0.2, -0.15) is 4.31 Å². The van der Waals surface area contributed by atoms with E-state index in [0.29, 0.717) is 44.8 Å². The van der Waals surface area contributed by atoms with E-state index >= 15 is 0 Å². The summed E-state index contributed by atoms with van der Waals surface area (Å²) in [6.07, 6.45) is 3.12. The maximum Gasteiger partial charge on any atom is 0.243 e. The van der Waals surface area contributed by atoms with Gasteiger partial charge in [-0.05, 0) is 50.8 Å². The number of halogens is 1. The Bertz CT molecular complexity index is 788. The van der Waals surface area contributed by atoms with Crippen molar-refractivity contribution in [1.82, 2.24) is 9.62 Å². The molecule has 0 radical (unpaired) electrons. The molecule has 0 spiro atoms. The molecule has 28 heavy (non-hydrogen) atoms. The van der Waals surface area contributed by atoms with E-state index in [1.54, 1.807) is 6.07 Å². The Morgan fingerprint density at radius 3 is 2.68 bits per heavy atom. The zero-order chi connectivity index (χ0) is 20.1. The summed E-state index contributed by atoms with van der Waals surface area (Å²) in [7, 11) is -3.65. The minimum absolute atomic E-state index is 0.0170. The van der Waals surface area contributed by atoms with Crippen LogP contribution in [0.15, 0.2) is 23.1 Å². The molecule has 1 aromatic rings. The van der Waals surface area contributed by atoms with Crippen LogP contribution in [0.5, 0.6) is 5.75 Å². The summed E-state index contributed by atoms with van der Waals surface area (Å²) in [6, 6.07) is 4.50. The van der Waals surface area contributed by atoms with Crippen molar-refractivity contribution in [2.45, 2.75) is 43.6 Å². The van der Waals surface area contributed by atoms with Crippen LogP contribution in [0.25, 0.3) is 0 Å². The third-order valence-electron chi connectivity index (χ3n) is 5.19. The van der Waals surface area contributed by atoms with Gasteiger partial charge in [0, 0.05) is 32.2 Å². The lowest BCUT2D eigenvalue weighted by Crippen LogP contribution is -2.44. The number of hydrogen-bond donors (Lipinski definition) is 1. The van der Waals surface area contributed by atoms with Crippen molar-refractivity contribution in [3.63, 3.8) is 0 Å². The quantitative estimate of drug-likeness (QED) is 0.718. The summed E-state index contributed by atoms with van der Waals surface area (Å²) in [6.45, 7) is 4.20. The molecule has 1 atom stereocenters. The zero-order valence-corrected chi connectivity index (χ0v) is 17.6. The van der Waals surface area contributed by atoms with Crippen molar-refractivity contribution < 1.29 is 22.7 Å². The van der Waals surface area contributed by atoms with Gasteiger partial charge >= 0.3 is 0 Å². The molecule has 1 N–H and O–H groups in total. The van der Waals surface area contributed by atoms with Gasteiger partial charge < -0.3 is 14.8 Å². The second-order valence-corrected chi connectivity index (χ2v) is 9.43. The van der Waals surface area contributed by atoms with Gasteiger partial charge in [-0.1, -0.05) is 11.6 Å². The van der Waals surface area contributed by atoms with Crippen molar-refractivity contribution in [3.8, 4) is 5.75 Å². The maximum absolute atomic E-state index is 12.9. The van der Waals surface area contributed by atoms with Crippen LogP contribution in [0.3, 0.4) is 0 Å². The molecular formula is C19H27ClN2O5S. The van der Waals surface area contributed by atoms with Crippen molar-refractivity contribution in [1.29, 1.82) is 0 Å². The number of benzene rings is 1. The largest absolute Gasteiger partial charge is 0.492 e. The van der Waals surface area contributed by atoms with Crippen LogP contribution in [0.2, 0.25) is 5.02 Å². The number of carbonyl (C=O) groups excluding carboxylic acids is 1. The molecule has 0 saturated carbocycles. The van der Waals surface area contributed by atoms with Gasteiger partial charge in [0.05, 0.1) is 22.6 Å². The first-order valence-electron chi connectivity index (χ1n) is 9.73. The fourth-order valence-corrected chi connectivity index (χ4v) is 5.38. The fraction of sp³-hybridized carbons (Fsp3) is 0.632. The van der Waals surface area contributed by atoms with E-state index in [2.05, 4.69) is 5.32 Å². The Balaban J connectivity index is 1.55. The average molecular weight is 431 g/mol. The monoisotopic (exact) mass is 430 g/mol. The summed E-state index contributed by atoms with van der Waals surface area (Å²) >= 11 is 6.14. The number of nitrogens with zero attached hydrogens (tertiary/aromatic N) is 1. The minimum atomic E-state index is -3.65. The van der Waals surface area contributed by atoms with Crippen molar-refractivity contribution in [2.24, 2.45) is 5.92 Å². The van der Waals surface area contributed by atoms with E-state index in [1.165, 1.54) is 16.4 Å². The van der Waals surface area contributed by atoms with Gasteiger partial charge in [0.15, 0.2) is 0 Å². The van der Waals surface area contributed by atoms with Gasteiger partial charge in [-0.25, -0.2) is 8.42 Å². The van der Waals surface area contributed by atoms with Gasteiger partial charge in [-0.3, -0.25) is 4.79 Å². The molecule has 0 aliphatic carbocycles. The minimum Gasteiger partial charge on any atom is -0.492 e. The highest BCUT2D eigenvalue weighted by molar-refractivity contribution is 7.89. The Hall–Kier alpha value is -1.35. The highest BCUT2D eigenvalue weighted by atomic mass is 35.5. The third-order valence-corrected chi connectivity index (χ3v) is 7.38. The molecule has 1 amide bonds. The van der Waals surface area contributed by atoms with Gasteiger partial charge in [0.1, 0.15) is 5.75 Å². The summed E-state index contributed by atoms with van der Waals surface area (Å²) in [5.41, 5.74) is 0. The molecule has 0 unspecified atom stereocenters. The SMILES string of the molecule is CCOc1ccc(S(=O)(=O)N2CCC(C(=O)NC[C@H]3CCCO3)CC2)cc1Cl. The normalized spacial score (nSPS) is 21.6. The lowest BCUT2D eigenvalue weighted by molar-refractivity contribution is -0.126. The smallest absolute Gasteiger partial charge is 0.243 e. The Kier molecular flexibility index (Phi) is 7.20. The maximum atomic E-state index is 12.9. The molecular weight excluding hydrogens is 404 g/mol. The molecule has 0 bridgehead atoms. The van der Waals surface area contributed by atoms with Gasteiger partial charge in [0.2, 0.25) is 15.9 Å². The second-order valence-electron chi connectivity index (χ2n) is 7.08. The number of ether oxygens (including phenoxy) is 2. The molecule has 156 valence electrons. The van der Waals surface area contributed by atoms with Gasteiger partial charge in [0.25, 0.3) is 0 Å². The van der Waals surface area contributed by atoms with E-state index in [1.807, 2.05) is 6.92 Å². The van der Waals surface area contributed by atoms with Crippen LogP contribution in [-0.2, 0) is 19.6 Å². The number of piperidine rings is 1. The van der Waals surface area contributed by atoms with E-state index in [0.717, 1.165) is 19.4 Å². The first kappa shape index (κ1) is 21.4. The van der Waals surface area contributed by atoms with Gasteiger partial charge in [-0.15, -0.1) is 0 Å². The summed E-state index contributed by atoms with van der Waals surface area (Å²) < 4.78 is 38.1. The van der Waals surface area contributed by atoms with E-state index in [-0.39, 0.29) is 27.8 Å². The van der Waals surface area contributed by atoms with Crippen LogP contribution in [0, 0.1) is 5.92 Å². The molecule has 2 aliphatic rings. The topological polar surface area (TPSA) is 84.9 Å². The van der Waals surface area contributed by atoms with E-state index in [9.17, 15) is 13.2 Å². The number of amides is 1. The van der Waals surface area contributed by atoms with Crippen molar-refractivity contribution >= 4 is 27.5 Å². The standard InChI is InChI=1S/C19H27ClN2O5S/c1-2-26-18-6-5-16(12-17(18)20)28(24,25)22-9-7-14(8-10-22)19(23)21-13-15-4-3-11-27-15/h5-6,12,14-15H,2-4,7-11,13H2,1H3,(H,21,23)/t15-/m1/s1. The van der Waals surface area contributed by atoms with Crippen LogP contribution in [-0.4, -0.2) is 57.6 Å². The lowest BCUT2D eigenvalue weighted by atomic mass is 9.97. The Morgan fingerprint density at radius 1 is 1.32 bits per heavy atom. The number of rotatable bonds is 7. The number of nitrogens with one attached hydrogen (secondary N) is 1. The van der Waals surface area contributed by atoms with Crippen molar-refractivity contribution in [3.05, 3.63) is 23.2 Å². The Labute approximate surface area is 171 Å². The number of hydrogen-bond acceptors (Lipinski definition) is 5. The molecule has 1 aromatic carbocycles. The summed E-state index contributed by atoms with van der Waals surface area (Å²) in [4.78, 5) is 12.5. The molecule has 2 heterocycles. The number of sulfonamides is 1. The molecule has 2 saturated heterocycles. The molecule has 0 aromatic heterocycles. The predicted molar refractivity (Wildman–Crippen MR) is 106 cm³/mol. The van der Waals surface area contributed by atoms with E-state index in [4.69, 9.17) is 21.1 Å². The molecule has 2 aliphatic heterocycles. The van der Waals surface area contributed by atoms with Crippen LogP contribution in [0.1, 0.15) is 32.6 Å². The Morgan fingerprint density at radius 2 is 2.07 bits per heavy atom. The second kappa shape index (κ2) is 9.43. The lowest BCUT2D eigenvalue weighted by Gasteiger charge is -2.30.